The molecule has 3 aromatic carbocycles. The van der Waals surface area contributed by atoms with Gasteiger partial charge in [0, 0.05) is 28.2 Å². The summed E-state index contributed by atoms with van der Waals surface area (Å²) in [6.07, 6.45) is 1.03. The van der Waals surface area contributed by atoms with Gasteiger partial charge in [-0.15, -0.1) is 0 Å². The van der Waals surface area contributed by atoms with Gasteiger partial charge in [-0.2, -0.15) is 0 Å². The molecule has 40 heavy (non-hydrogen) atoms. The molecule has 0 aliphatic rings. The minimum Gasteiger partial charge on any atom is -0.354 e. The van der Waals surface area contributed by atoms with Crippen molar-refractivity contribution in [2.24, 2.45) is 0 Å². The van der Waals surface area contributed by atoms with Crippen LogP contribution in [0, 0.1) is 6.92 Å². The number of rotatable bonds is 12. The molecule has 0 saturated carbocycles. The van der Waals surface area contributed by atoms with Crippen LogP contribution in [-0.4, -0.2) is 44.3 Å². The molecule has 0 heterocycles. The molecular weight excluding hydrogens is 593 g/mol. The van der Waals surface area contributed by atoms with Crippen molar-refractivity contribution in [1.82, 2.24) is 10.2 Å². The minimum atomic E-state index is -4.18. The van der Waals surface area contributed by atoms with E-state index in [4.69, 9.17) is 34.8 Å². The predicted molar refractivity (Wildman–Crippen MR) is 162 cm³/mol. The van der Waals surface area contributed by atoms with Gasteiger partial charge in [0.15, 0.2) is 0 Å². The summed E-state index contributed by atoms with van der Waals surface area (Å²) >= 11 is 18.5. The normalized spacial score (nSPS) is 12.1. The van der Waals surface area contributed by atoms with Gasteiger partial charge in [0.2, 0.25) is 11.8 Å². The molecular formula is C29H32Cl3N3O4S. The zero-order chi connectivity index (χ0) is 29.4. The molecule has 0 spiro atoms. The van der Waals surface area contributed by atoms with Crippen molar-refractivity contribution >= 4 is 62.3 Å². The first-order valence-electron chi connectivity index (χ1n) is 12.8. The molecule has 2 amide bonds. The van der Waals surface area contributed by atoms with Crippen LogP contribution in [0.2, 0.25) is 15.1 Å². The fraction of sp³-hybridized carbons (Fsp3) is 0.310. The lowest BCUT2D eigenvalue weighted by Crippen LogP contribution is -2.52. The average molecular weight is 625 g/mol. The van der Waals surface area contributed by atoms with Crippen LogP contribution in [0.5, 0.6) is 0 Å². The number of halogens is 3. The number of nitrogens with one attached hydrogen (secondary N) is 1. The van der Waals surface area contributed by atoms with Crippen LogP contribution in [0.1, 0.15) is 37.8 Å². The standard InChI is InChI=1S/C29H32Cl3N3O4S/c1-4-16-33-29(37)27(5-2)34(18-21-8-9-23(31)17-26(21)32)28(36)19-35(24-12-6-20(3)7-13-24)40(38,39)25-14-10-22(30)11-15-25/h6-15,17,27H,4-5,16,18-19H2,1-3H3,(H,33,37)/t27-/m0/s1. The van der Waals surface area contributed by atoms with E-state index in [2.05, 4.69) is 5.32 Å². The number of carbonyl (C=O) groups excluding carboxylic acids is 2. The highest BCUT2D eigenvalue weighted by molar-refractivity contribution is 7.92. The van der Waals surface area contributed by atoms with Crippen LogP contribution in [0.4, 0.5) is 5.69 Å². The van der Waals surface area contributed by atoms with E-state index >= 15 is 0 Å². The average Bonchev–Trinajstić information content (AvgIpc) is 2.92. The Hall–Kier alpha value is -2.78. The van der Waals surface area contributed by atoms with Gasteiger partial charge < -0.3 is 10.2 Å². The first-order valence-corrected chi connectivity index (χ1v) is 15.4. The number of nitrogens with zero attached hydrogens (tertiary/aromatic N) is 2. The summed E-state index contributed by atoms with van der Waals surface area (Å²) in [6.45, 7) is 5.48. The molecule has 0 unspecified atom stereocenters. The molecule has 0 radical (unpaired) electrons. The third-order valence-corrected chi connectivity index (χ3v) is 8.92. The number of sulfonamides is 1. The van der Waals surface area contributed by atoms with Crippen LogP contribution >= 0.6 is 34.8 Å². The van der Waals surface area contributed by atoms with Gasteiger partial charge in [-0.3, -0.25) is 13.9 Å². The van der Waals surface area contributed by atoms with Gasteiger partial charge in [-0.05, 0) is 73.9 Å². The molecule has 0 aliphatic heterocycles. The summed E-state index contributed by atoms with van der Waals surface area (Å²) in [7, 11) is -4.18. The maximum Gasteiger partial charge on any atom is 0.264 e. The van der Waals surface area contributed by atoms with Crippen LogP contribution in [-0.2, 0) is 26.2 Å². The second kappa shape index (κ2) is 14.2. The maximum absolute atomic E-state index is 14.0. The second-order valence-corrected chi connectivity index (χ2v) is 12.4. The first-order chi connectivity index (χ1) is 19.0. The Kier molecular flexibility index (Phi) is 11.3. The monoisotopic (exact) mass is 623 g/mol. The molecule has 7 nitrogen and oxygen atoms in total. The zero-order valence-electron chi connectivity index (χ0n) is 22.5. The van der Waals surface area contributed by atoms with E-state index in [-0.39, 0.29) is 17.3 Å². The third-order valence-electron chi connectivity index (χ3n) is 6.29. The molecule has 0 saturated heterocycles. The van der Waals surface area contributed by atoms with Gasteiger partial charge in [0.25, 0.3) is 10.0 Å². The molecule has 0 fully saturated rings. The quantitative estimate of drug-likeness (QED) is 0.250. The van der Waals surface area contributed by atoms with Crippen molar-refractivity contribution in [3.05, 3.63) is 92.9 Å². The fourth-order valence-corrected chi connectivity index (χ4v) is 6.10. The van der Waals surface area contributed by atoms with Gasteiger partial charge in [0.1, 0.15) is 12.6 Å². The second-order valence-electron chi connectivity index (χ2n) is 9.27. The Morgan fingerprint density at radius 3 is 2.10 bits per heavy atom. The van der Waals surface area contributed by atoms with Gasteiger partial charge in [0.05, 0.1) is 10.6 Å². The van der Waals surface area contributed by atoms with Crippen molar-refractivity contribution < 1.29 is 18.0 Å². The van der Waals surface area contributed by atoms with E-state index in [1.807, 2.05) is 13.8 Å². The van der Waals surface area contributed by atoms with Crippen molar-refractivity contribution in [3.63, 3.8) is 0 Å². The maximum atomic E-state index is 14.0. The topological polar surface area (TPSA) is 86.8 Å². The summed E-state index contributed by atoms with van der Waals surface area (Å²) in [5.74, 6) is -0.896. The van der Waals surface area contributed by atoms with Crippen molar-refractivity contribution in [1.29, 1.82) is 0 Å². The molecule has 1 atom stereocenters. The minimum absolute atomic E-state index is 0.0182. The first kappa shape index (κ1) is 31.7. The van der Waals surface area contributed by atoms with Crippen molar-refractivity contribution in [2.75, 3.05) is 17.4 Å². The summed E-state index contributed by atoms with van der Waals surface area (Å²) in [5, 5.41) is 3.99. The van der Waals surface area contributed by atoms with Crippen LogP contribution in [0.25, 0.3) is 0 Å². The van der Waals surface area contributed by atoms with Gasteiger partial charge in [-0.1, -0.05) is 72.4 Å². The molecule has 214 valence electrons. The Balaban J connectivity index is 2.06. The highest BCUT2D eigenvalue weighted by atomic mass is 35.5. The number of hydrogen-bond acceptors (Lipinski definition) is 4. The number of carbonyl (C=O) groups is 2. The van der Waals surface area contributed by atoms with Crippen LogP contribution < -0.4 is 9.62 Å². The summed E-state index contributed by atoms with van der Waals surface area (Å²) < 4.78 is 28.7. The largest absolute Gasteiger partial charge is 0.354 e. The zero-order valence-corrected chi connectivity index (χ0v) is 25.6. The fourth-order valence-electron chi connectivity index (χ4n) is 4.09. The molecule has 0 bridgehead atoms. The molecule has 11 heteroatoms. The molecule has 0 aliphatic carbocycles. The summed E-state index contributed by atoms with van der Waals surface area (Å²) in [6, 6.07) is 16.6. The number of anilines is 1. The van der Waals surface area contributed by atoms with Crippen molar-refractivity contribution in [3.8, 4) is 0 Å². The van der Waals surface area contributed by atoms with E-state index in [1.54, 1.807) is 49.4 Å². The Bertz CT molecular complexity index is 1430. The van der Waals surface area contributed by atoms with Crippen molar-refractivity contribution in [2.45, 2.75) is 51.1 Å². The lowest BCUT2D eigenvalue weighted by molar-refractivity contribution is -0.140. The highest BCUT2D eigenvalue weighted by Crippen LogP contribution is 2.27. The molecule has 3 rings (SSSR count). The SMILES string of the molecule is CCCNC(=O)[C@H](CC)N(Cc1ccc(Cl)cc1Cl)C(=O)CN(c1ccc(C)cc1)S(=O)(=O)c1ccc(Cl)cc1. The Morgan fingerprint density at radius 2 is 1.52 bits per heavy atom. The smallest absolute Gasteiger partial charge is 0.264 e. The lowest BCUT2D eigenvalue weighted by atomic mass is 10.1. The predicted octanol–water partition coefficient (Wildman–Crippen LogP) is 6.48. The molecule has 0 aromatic heterocycles. The van der Waals surface area contributed by atoms with E-state index in [9.17, 15) is 18.0 Å². The Labute approximate surface area is 251 Å². The number of benzene rings is 3. The number of hydrogen-bond donors (Lipinski definition) is 1. The molecule has 3 aromatic rings. The molecule has 1 N–H and O–H groups in total. The van der Waals surface area contributed by atoms with E-state index in [0.717, 1.165) is 16.3 Å². The van der Waals surface area contributed by atoms with Gasteiger partial charge in [-0.25, -0.2) is 8.42 Å². The van der Waals surface area contributed by atoms with E-state index < -0.39 is 28.5 Å². The van der Waals surface area contributed by atoms with Crippen LogP contribution in [0.15, 0.2) is 71.6 Å². The highest BCUT2D eigenvalue weighted by Gasteiger charge is 2.34. The lowest BCUT2D eigenvalue weighted by Gasteiger charge is -2.33. The third kappa shape index (κ3) is 7.91. The summed E-state index contributed by atoms with van der Waals surface area (Å²) in [5.41, 5.74) is 1.81. The summed E-state index contributed by atoms with van der Waals surface area (Å²) in [4.78, 5) is 28.5. The van der Waals surface area contributed by atoms with E-state index in [1.165, 1.54) is 29.2 Å². The van der Waals surface area contributed by atoms with Crippen LogP contribution in [0.3, 0.4) is 0 Å². The number of amides is 2. The number of aryl methyl sites for hydroxylation is 1. The van der Waals surface area contributed by atoms with E-state index in [0.29, 0.717) is 39.3 Å². The Morgan fingerprint density at radius 1 is 0.900 bits per heavy atom. The van der Waals surface area contributed by atoms with Gasteiger partial charge >= 0.3 is 0 Å².